The zero-order chi connectivity index (χ0) is 14.4. The van der Waals surface area contributed by atoms with Gasteiger partial charge in [0, 0.05) is 22.6 Å². The summed E-state index contributed by atoms with van der Waals surface area (Å²) in [6.07, 6.45) is 10.7. The first kappa shape index (κ1) is 15.1. The maximum absolute atomic E-state index is 6.50. The zero-order valence-corrected chi connectivity index (χ0v) is 12.9. The molecule has 3 N–H and O–H groups in total. The van der Waals surface area contributed by atoms with Gasteiger partial charge in [0.1, 0.15) is 0 Å². The van der Waals surface area contributed by atoms with Crippen molar-refractivity contribution in [1.29, 1.82) is 0 Å². The largest absolute Gasteiger partial charge is 0.361 e. The predicted octanol–water partition coefficient (Wildman–Crippen LogP) is 4.79. The Hall–Kier alpha value is -1.28. The van der Waals surface area contributed by atoms with Crippen LogP contribution in [0.2, 0.25) is 0 Å². The molecule has 0 aliphatic carbocycles. The van der Waals surface area contributed by atoms with Crippen LogP contribution in [-0.4, -0.2) is 10.5 Å². The van der Waals surface area contributed by atoms with Crippen molar-refractivity contribution in [2.45, 2.75) is 64.3 Å². The monoisotopic (exact) mass is 272 g/mol. The number of para-hydroxylation sites is 1. The number of nitrogens with two attached hydrogens (primary N) is 1. The molecular formula is C18H28N2. The number of rotatable bonds is 8. The van der Waals surface area contributed by atoms with Crippen LogP contribution < -0.4 is 5.73 Å². The van der Waals surface area contributed by atoms with Crippen LogP contribution in [0.25, 0.3) is 10.9 Å². The Balaban J connectivity index is 1.90. The molecule has 0 fully saturated rings. The summed E-state index contributed by atoms with van der Waals surface area (Å²) in [5, 5.41) is 1.31. The third kappa shape index (κ3) is 4.11. The molecule has 2 heteroatoms. The molecule has 1 heterocycles. The predicted molar refractivity (Wildman–Crippen MR) is 88.0 cm³/mol. The Labute approximate surface area is 122 Å². The first-order valence-corrected chi connectivity index (χ1v) is 7.96. The van der Waals surface area contributed by atoms with Gasteiger partial charge in [-0.15, -0.1) is 0 Å². The van der Waals surface area contributed by atoms with Crippen LogP contribution in [0, 0.1) is 0 Å². The molecule has 0 bridgehead atoms. The number of aromatic amines is 1. The van der Waals surface area contributed by atoms with E-state index in [9.17, 15) is 0 Å². The summed E-state index contributed by atoms with van der Waals surface area (Å²) in [6, 6.07) is 8.46. The molecule has 2 rings (SSSR count). The van der Waals surface area contributed by atoms with E-state index in [1.807, 2.05) is 0 Å². The maximum atomic E-state index is 6.50. The lowest BCUT2D eigenvalue weighted by molar-refractivity contribution is 0.406. The number of aromatic nitrogens is 1. The van der Waals surface area contributed by atoms with Crippen LogP contribution in [0.1, 0.15) is 57.9 Å². The van der Waals surface area contributed by atoms with Crippen LogP contribution in [0.15, 0.2) is 30.5 Å². The first-order chi connectivity index (χ1) is 9.62. The fraction of sp³-hybridized carbons (Fsp3) is 0.556. The summed E-state index contributed by atoms with van der Waals surface area (Å²) in [5.74, 6) is 0. The molecule has 20 heavy (non-hydrogen) atoms. The molecule has 0 aliphatic heterocycles. The molecule has 110 valence electrons. The lowest BCUT2D eigenvalue weighted by Crippen LogP contribution is -2.38. The Morgan fingerprint density at radius 2 is 1.85 bits per heavy atom. The van der Waals surface area contributed by atoms with E-state index in [0.29, 0.717) is 0 Å². The van der Waals surface area contributed by atoms with E-state index in [1.54, 1.807) is 0 Å². The van der Waals surface area contributed by atoms with E-state index in [2.05, 4.69) is 49.3 Å². The smallest absolute Gasteiger partial charge is 0.0456 e. The molecule has 2 nitrogen and oxygen atoms in total. The quantitative estimate of drug-likeness (QED) is 0.667. The highest BCUT2D eigenvalue weighted by Gasteiger charge is 2.20. The Morgan fingerprint density at radius 3 is 2.65 bits per heavy atom. The number of benzene rings is 1. The number of hydrogen-bond acceptors (Lipinski definition) is 1. The van der Waals surface area contributed by atoms with Crippen molar-refractivity contribution >= 4 is 10.9 Å². The van der Waals surface area contributed by atoms with E-state index in [0.717, 1.165) is 12.8 Å². The van der Waals surface area contributed by atoms with Gasteiger partial charge in [0.15, 0.2) is 0 Å². The molecule has 1 aromatic heterocycles. The van der Waals surface area contributed by atoms with Crippen LogP contribution in [0.5, 0.6) is 0 Å². The van der Waals surface area contributed by atoms with Gasteiger partial charge in [-0.25, -0.2) is 0 Å². The summed E-state index contributed by atoms with van der Waals surface area (Å²) >= 11 is 0. The highest BCUT2D eigenvalue weighted by Crippen LogP contribution is 2.24. The third-order valence-corrected chi connectivity index (χ3v) is 4.12. The van der Waals surface area contributed by atoms with Gasteiger partial charge >= 0.3 is 0 Å². The van der Waals surface area contributed by atoms with Gasteiger partial charge in [-0.2, -0.15) is 0 Å². The molecule has 0 amide bonds. The van der Waals surface area contributed by atoms with E-state index < -0.39 is 0 Å². The Morgan fingerprint density at radius 1 is 1.10 bits per heavy atom. The lowest BCUT2D eigenvalue weighted by atomic mass is 9.88. The molecule has 0 radical (unpaired) electrons. The Kier molecular flexibility index (Phi) is 5.24. The number of hydrogen-bond donors (Lipinski definition) is 2. The summed E-state index contributed by atoms with van der Waals surface area (Å²) in [5.41, 5.74) is 8.96. The standard InChI is InChI=1S/C18H28N2/c1-3-4-5-6-9-12-18(2,19)13-15-14-20-17-11-8-7-10-16(15)17/h7-8,10-11,14,20H,3-6,9,12-13,19H2,1-2H3. The highest BCUT2D eigenvalue weighted by molar-refractivity contribution is 5.83. The number of fused-ring (bicyclic) bond motifs is 1. The second-order valence-electron chi connectivity index (χ2n) is 6.35. The number of unbranched alkanes of at least 4 members (excludes halogenated alkanes) is 4. The van der Waals surface area contributed by atoms with E-state index in [4.69, 9.17) is 5.73 Å². The minimum absolute atomic E-state index is 0.100. The Bertz CT molecular complexity index is 525. The fourth-order valence-corrected chi connectivity index (χ4v) is 2.93. The van der Waals surface area contributed by atoms with Crippen molar-refractivity contribution < 1.29 is 0 Å². The van der Waals surface area contributed by atoms with Crippen LogP contribution in [0.4, 0.5) is 0 Å². The highest BCUT2D eigenvalue weighted by atomic mass is 14.7. The van der Waals surface area contributed by atoms with Crippen molar-refractivity contribution in [2.75, 3.05) is 0 Å². The fourth-order valence-electron chi connectivity index (χ4n) is 2.93. The minimum Gasteiger partial charge on any atom is -0.361 e. The molecule has 1 unspecified atom stereocenters. The molecule has 2 aromatic rings. The summed E-state index contributed by atoms with van der Waals surface area (Å²) < 4.78 is 0. The van der Waals surface area contributed by atoms with Crippen molar-refractivity contribution in [3.8, 4) is 0 Å². The normalized spacial score (nSPS) is 14.6. The summed E-state index contributed by atoms with van der Waals surface area (Å²) in [6.45, 7) is 4.44. The average molecular weight is 272 g/mol. The van der Waals surface area contributed by atoms with Gasteiger partial charge in [-0.05, 0) is 31.4 Å². The number of nitrogens with one attached hydrogen (secondary N) is 1. The van der Waals surface area contributed by atoms with Crippen molar-refractivity contribution in [2.24, 2.45) is 5.73 Å². The van der Waals surface area contributed by atoms with Gasteiger partial charge in [0.2, 0.25) is 0 Å². The second kappa shape index (κ2) is 6.94. The third-order valence-electron chi connectivity index (χ3n) is 4.12. The van der Waals surface area contributed by atoms with E-state index in [-0.39, 0.29) is 5.54 Å². The molecule has 1 atom stereocenters. The summed E-state index contributed by atoms with van der Waals surface area (Å²) in [7, 11) is 0. The molecule has 0 saturated heterocycles. The van der Waals surface area contributed by atoms with Gasteiger partial charge < -0.3 is 10.7 Å². The van der Waals surface area contributed by atoms with Crippen molar-refractivity contribution in [3.63, 3.8) is 0 Å². The second-order valence-corrected chi connectivity index (χ2v) is 6.35. The molecule has 0 aliphatic rings. The SMILES string of the molecule is CCCCCCCC(C)(N)Cc1c[nH]c2ccccc12. The molecule has 0 saturated carbocycles. The number of H-pyrrole nitrogens is 1. The van der Waals surface area contributed by atoms with Gasteiger partial charge in [-0.1, -0.05) is 57.2 Å². The topological polar surface area (TPSA) is 41.8 Å². The lowest BCUT2D eigenvalue weighted by Gasteiger charge is -2.24. The van der Waals surface area contributed by atoms with Gasteiger partial charge in [-0.3, -0.25) is 0 Å². The van der Waals surface area contributed by atoms with E-state index >= 15 is 0 Å². The van der Waals surface area contributed by atoms with Crippen molar-refractivity contribution in [3.05, 3.63) is 36.0 Å². The van der Waals surface area contributed by atoms with Crippen LogP contribution in [-0.2, 0) is 6.42 Å². The van der Waals surface area contributed by atoms with Crippen LogP contribution >= 0.6 is 0 Å². The zero-order valence-electron chi connectivity index (χ0n) is 12.9. The van der Waals surface area contributed by atoms with Gasteiger partial charge in [0.25, 0.3) is 0 Å². The molecule has 1 aromatic carbocycles. The summed E-state index contributed by atoms with van der Waals surface area (Å²) in [4.78, 5) is 3.34. The maximum Gasteiger partial charge on any atom is 0.0456 e. The van der Waals surface area contributed by atoms with E-state index in [1.165, 1.54) is 48.6 Å². The average Bonchev–Trinajstić information content (AvgIpc) is 2.81. The van der Waals surface area contributed by atoms with Crippen molar-refractivity contribution in [1.82, 2.24) is 4.98 Å². The minimum atomic E-state index is -0.100. The molecule has 0 spiro atoms. The first-order valence-electron chi connectivity index (χ1n) is 7.96. The molecular weight excluding hydrogens is 244 g/mol. The van der Waals surface area contributed by atoms with Gasteiger partial charge in [0.05, 0.1) is 0 Å². The van der Waals surface area contributed by atoms with Crippen LogP contribution in [0.3, 0.4) is 0 Å².